The molecular weight excluding hydrogens is 254 g/mol. The van der Waals surface area contributed by atoms with E-state index < -0.39 is 10.0 Å². The molecule has 18 heavy (non-hydrogen) atoms. The average molecular weight is 271 g/mol. The number of nitrogens with zero attached hydrogens (tertiary/aromatic N) is 2. The molecular formula is C11H17N3O3S. The Hall–Kier alpha value is -1.21. The monoisotopic (exact) mass is 271 g/mol. The van der Waals surface area contributed by atoms with Gasteiger partial charge in [0, 0.05) is 31.9 Å². The summed E-state index contributed by atoms with van der Waals surface area (Å²) >= 11 is 0. The molecule has 1 aliphatic heterocycles. The van der Waals surface area contributed by atoms with Crippen molar-refractivity contribution in [3.8, 4) is 0 Å². The molecule has 6 nitrogen and oxygen atoms in total. The van der Waals surface area contributed by atoms with Crippen LogP contribution in [0.25, 0.3) is 0 Å². The Bertz CT molecular complexity index is 510. The second-order valence-electron chi connectivity index (χ2n) is 4.69. The zero-order valence-corrected chi connectivity index (χ0v) is 11.1. The molecule has 0 aromatic carbocycles. The van der Waals surface area contributed by atoms with Crippen LogP contribution in [0.4, 0.5) is 0 Å². The van der Waals surface area contributed by atoms with Crippen LogP contribution in [0.2, 0.25) is 0 Å². The Labute approximate surface area is 106 Å². The lowest BCUT2D eigenvalue weighted by molar-refractivity contribution is 0.0933. The van der Waals surface area contributed by atoms with Crippen molar-refractivity contribution < 1.29 is 13.2 Å². The maximum absolute atomic E-state index is 11.9. The molecule has 1 aromatic heterocycles. The molecule has 1 fully saturated rings. The summed E-state index contributed by atoms with van der Waals surface area (Å²) in [5.41, 5.74) is 0. The number of piperidine rings is 1. The summed E-state index contributed by atoms with van der Waals surface area (Å²) in [7, 11) is -3.15. The Morgan fingerprint density at radius 2 is 2.39 bits per heavy atom. The first-order chi connectivity index (χ1) is 8.47. The molecule has 0 bridgehead atoms. The number of aromatic amines is 1. The summed E-state index contributed by atoms with van der Waals surface area (Å²) in [5.74, 6) is 0.387. The van der Waals surface area contributed by atoms with E-state index in [1.165, 1.54) is 16.8 Å². The van der Waals surface area contributed by atoms with Gasteiger partial charge in [-0.25, -0.2) is 17.7 Å². The molecule has 0 saturated carbocycles. The normalized spacial score (nSPS) is 21.9. The van der Waals surface area contributed by atoms with Gasteiger partial charge in [0.25, 0.3) is 0 Å². The van der Waals surface area contributed by atoms with Gasteiger partial charge < -0.3 is 4.98 Å². The summed E-state index contributed by atoms with van der Waals surface area (Å²) in [6.07, 6.45) is 6.40. The number of nitrogens with one attached hydrogen (secondary N) is 1. The van der Waals surface area contributed by atoms with E-state index in [2.05, 4.69) is 9.97 Å². The highest BCUT2D eigenvalue weighted by atomic mass is 32.2. The minimum Gasteiger partial charge on any atom is -0.342 e. The number of carbonyl (C=O) groups is 1. The molecule has 1 saturated heterocycles. The minimum absolute atomic E-state index is 0.0552. The van der Waals surface area contributed by atoms with Crippen LogP contribution in [-0.2, 0) is 10.0 Å². The predicted octanol–water partition coefficient (Wildman–Crippen LogP) is 0.654. The largest absolute Gasteiger partial charge is 0.342 e. The van der Waals surface area contributed by atoms with Crippen molar-refractivity contribution in [2.45, 2.75) is 19.3 Å². The summed E-state index contributed by atoms with van der Waals surface area (Å²) in [4.78, 5) is 18.6. The zero-order valence-electron chi connectivity index (χ0n) is 10.3. The Kier molecular flexibility index (Phi) is 3.82. The van der Waals surface area contributed by atoms with E-state index >= 15 is 0 Å². The summed E-state index contributed by atoms with van der Waals surface area (Å²) in [6, 6.07) is 0. The standard InChI is InChI=1S/C11H17N3O3S/c1-18(16,17)14-6-2-3-9(8-14)7-10(15)11-12-4-5-13-11/h4-5,9H,2-3,6-8H2,1H3,(H,12,13). The first kappa shape index (κ1) is 13.2. The van der Waals surface area contributed by atoms with Crippen molar-refractivity contribution in [3.63, 3.8) is 0 Å². The molecule has 100 valence electrons. The Balaban J connectivity index is 1.96. The van der Waals surface area contributed by atoms with Crippen LogP contribution >= 0.6 is 0 Å². The molecule has 2 rings (SSSR count). The summed E-state index contributed by atoms with van der Waals surface area (Å²) < 4.78 is 24.4. The van der Waals surface area contributed by atoms with E-state index in [-0.39, 0.29) is 11.7 Å². The summed E-state index contributed by atoms with van der Waals surface area (Å²) in [6.45, 7) is 0.996. The smallest absolute Gasteiger partial charge is 0.211 e. The van der Waals surface area contributed by atoms with E-state index in [4.69, 9.17) is 0 Å². The van der Waals surface area contributed by atoms with Crippen LogP contribution in [0.15, 0.2) is 12.4 Å². The zero-order chi connectivity index (χ0) is 13.2. The van der Waals surface area contributed by atoms with Gasteiger partial charge in [-0.3, -0.25) is 4.79 Å². The van der Waals surface area contributed by atoms with Crippen molar-refractivity contribution in [1.82, 2.24) is 14.3 Å². The quantitative estimate of drug-likeness (QED) is 0.815. The first-order valence-corrected chi connectivity index (χ1v) is 7.79. The number of carbonyl (C=O) groups excluding carboxylic acids is 1. The number of hydrogen-bond donors (Lipinski definition) is 1. The lowest BCUT2D eigenvalue weighted by Gasteiger charge is -2.30. The van der Waals surface area contributed by atoms with Crippen LogP contribution in [-0.4, -0.2) is 47.8 Å². The highest BCUT2D eigenvalue weighted by Gasteiger charge is 2.27. The van der Waals surface area contributed by atoms with E-state index in [1.807, 2.05) is 0 Å². The van der Waals surface area contributed by atoms with Gasteiger partial charge in [-0.15, -0.1) is 0 Å². The van der Waals surface area contributed by atoms with Gasteiger partial charge in [0.15, 0.2) is 11.6 Å². The molecule has 0 aliphatic carbocycles. The lowest BCUT2D eigenvalue weighted by atomic mass is 9.94. The first-order valence-electron chi connectivity index (χ1n) is 5.94. The van der Waals surface area contributed by atoms with Crippen molar-refractivity contribution in [1.29, 1.82) is 0 Å². The molecule has 1 aliphatic rings. The number of imidazole rings is 1. The number of rotatable bonds is 4. The maximum atomic E-state index is 11.9. The van der Waals surface area contributed by atoms with Crippen molar-refractivity contribution in [2.75, 3.05) is 19.3 Å². The lowest BCUT2D eigenvalue weighted by Crippen LogP contribution is -2.39. The summed E-state index contributed by atoms with van der Waals surface area (Å²) in [5, 5.41) is 0. The highest BCUT2D eigenvalue weighted by Crippen LogP contribution is 2.22. The SMILES string of the molecule is CS(=O)(=O)N1CCCC(CC(=O)c2ncc[nH]2)C1. The molecule has 1 aromatic rings. The fraction of sp³-hybridized carbons (Fsp3) is 0.636. The fourth-order valence-corrected chi connectivity index (χ4v) is 3.21. The van der Waals surface area contributed by atoms with E-state index in [9.17, 15) is 13.2 Å². The number of hydrogen-bond acceptors (Lipinski definition) is 4. The van der Waals surface area contributed by atoms with Gasteiger partial charge in [0.05, 0.1) is 6.26 Å². The predicted molar refractivity (Wildman–Crippen MR) is 66.7 cm³/mol. The van der Waals surface area contributed by atoms with Crippen molar-refractivity contribution >= 4 is 15.8 Å². The third-order valence-corrected chi connectivity index (χ3v) is 4.46. The van der Waals surface area contributed by atoms with Crippen LogP contribution in [0.3, 0.4) is 0 Å². The Morgan fingerprint density at radius 1 is 1.61 bits per heavy atom. The van der Waals surface area contributed by atoms with Gasteiger partial charge in [0.2, 0.25) is 10.0 Å². The second-order valence-corrected chi connectivity index (χ2v) is 6.68. The van der Waals surface area contributed by atoms with Crippen molar-refractivity contribution in [2.24, 2.45) is 5.92 Å². The number of Topliss-reactive ketones (excluding diaryl/α,β-unsaturated/α-hetero) is 1. The number of sulfonamides is 1. The van der Waals surface area contributed by atoms with E-state index in [0.717, 1.165) is 12.8 Å². The Morgan fingerprint density at radius 3 is 3.00 bits per heavy atom. The maximum Gasteiger partial charge on any atom is 0.211 e. The van der Waals surface area contributed by atoms with Gasteiger partial charge in [-0.05, 0) is 18.8 Å². The van der Waals surface area contributed by atoms with Gasteiger partial charge in [-0.2, -0.15) is 0 Å². The third-order valence-electron chi connectivity index (χ3n) is 3.19. The number of aromatic nitrogens is 2. The number of ketones is 1. The molecule has 1 unspecified atom stereocenters. The topological polar surface area (TPSA) is 83.1 Å². The van der Waals surface area contributed by atoms with E-state index in [1.54, 1.807) is 6.20 Å². The molecule has 0 spiro atoms. The third kappa shape index (κ3) is 3.17. The molecule has 7 heteroatoms. The van der Waals surface area contributed by atoms with Crippen LogP contribution in [0.5, 0.6) is 0 Å². The van der Waals surface area contributed by atoms with Gasteiger partial charge >= 0.3 is 0 Å². The van der Waals surface area contributed by atoms with Gasteiger partial charge in [-0.1, -0.05) is 0 Å². The average Bonchev–Trinajstić information content (AvgIpc) is 2.81. The van der Waals surface area contributed by atoms with Crippen LogP contribution in [0, 0.1) is 5.92 Å². The van der Waals surface area contributed by atoms with Crippen molar-refractivity contribution in [3.05, 3.63) is 18.2 Å². The number of H-pyrrole nitrogens is 1. The van der Waals surface area contributed by atoms with Gasteiger partial charge in [0.1, 0.15) is 0 Å². The molecule has 0 radical (unpaired) electrons. The molecule has 2 heterocycles. The second kappa shape index (κ2) is 5.19. The van der Waals surface area contributed by atoms with Crippen LogP contribution < -0.4 is 0 Å². The fourth-order valence-electron chi connectivity index (χ4n) is 2.27. The molecule has 0 amide bonds. The van der Waals surface area contributed by atoms with E-state index in [0.29, 0.717) is 25.3 Å². The molecule has 1 atom stereocenters. The van der Waals surface area contributed by atoms with Crippen LogP contribution in [0.1, 0.15) is 29.9 Å². The highest BCUT2D eigenvalue weighted by molar-refractivity contribution is 7.88. The minimum atomic E-state index is -3.15. The molecule has 1 N–H and O–H groups in total.